The summed E-state index contributed by atoms with van der Waals surface area (Å²) < 4.78 is 0. The predicted molar refractivity (Wildman–Crippen MR) is 11.5 cm³/mol. The second kappa shape index (κ2) is 39.1. The van der Waals surface area contributed by atoms with E-state index in [2.05, 4.69) is 0 Å². The Balaban J connectivity index is 0. The molecule has 0 bridgehead atoms. The maximum Gasteiger partial charge on any atom is 0 e. The van der Waals surface area contributed by atoms with Gasteiger partial charge in [-0.25, -0.2) is 0 Å². The average Bonchev–Trinajstić information content (AvgIpc) is 0. The summed E-state index contributed by atoms with van der Waals surface area (Å²) in [5, 5.41) is 0. The molecule has 16 valence electrons. The van der Waals surface area contributed by atoms with E-state index in [9.17, 15) is 0 Å². The largest absolute Gasteiger partial charge is 0 e. The van der Waals surface area contributed by atoms with Gasteiger partial charge in [0.05, 0.1) is 0 Å². The molecule has 0 nitrogen and oxygen atoms in total. The standard InChI is InChI=1S/5Hg.2Tl. The molecule has 2 radical (unpaired) electrons. The van der Waals surface area contributed by atoms with Crippen LogP contribution < -0.4 is 0 Å². The zero-order valence-electron chi connectivity index (χ0n) is 4.69. The molecule has 7 heteroatoms. The Morgan fingerprint density at radius 2 is 0.286 bits per heavy atom. The maximum absolute atomic E-state index is 0. The van der Waals surface area contributed by atoms with Crippen LogP contribution >= 0.6 is 0 Å². The van der Waals surface area contributed by atoms with Crippen LogP contribution in [-0.4, -0.2) is 54.6 Å². The summed E-state index contributed by atoms with van der Waals surface area (Å²) in [6.07, 6.45) is 0. The minimum Gasteiger partial charge on any atom is 0 e. The van der Waals surface area contributed by atoms with E-state index in [1.54, 1.807) is 0 Å². The molecule has 0 aliphatic heterocycles. The van der Waals surface area contributed by atoms with Gasteiger partial charge >= 0.3 is 0 Å². The summed E-state index contributed by atoms with van der Waals surface area (Å²) in [6.45, 7) is 0. The van der Waals surface area contributed by atoms with E-state index >= 15 is 0 Å². The fourth-order valence-electron chi connectivity index (χ4n) is 0. The molecule has 0 aromatic carbocycles. The molecule has 0 aliphatic rings. The molecule has 0 aromatic rings. The summed E-state index contributed by atoms with van der Waals surface area (Å²) in [7, 11) is 0. The van der Waals surface area contributed by atoms with Crippen LogP contribution in [0.5, 0.6) is 0 Å². The van der Waals surface area contributed by atoms with Gasteiger partial charge in [-0.15, -0.1) is 0 Å². The molecular weight excluding hydrogens is 1410 g/mol. The Bertz CT molecular complexity index is 6.04. The first-order chi connectivity index (χ1) is 0. The summed E-state index contributed by atoms with van der Waals surface area (Å²) in [5.74, 6) is 0. The van der Waals surface area contributed by atoms with Crippen molar-refractivity contribution in [3.05, 3.63) is 0 Å². The van der Waals surface area contributed by atoms with Crippen LogP contribution in [0.15, 0.2) is 0 Å². The second-order valence-corrected chi connectivity index (χ2v) is 0. The Morgan fingerprint density at radius 3 is 0.286 bits per heavy atom. The van der Waals surface area contributed by atoms with Crippen molar-refractivity contribution in [3.63, 3.8) is 0 Å². The zero-order valence-corrected chi connectivity index (χ0v) is 41.2. The first kappa shape index (κ1) is 49.9. The van der Waals surface area contributed by atoms with Gasteiger partial charge in [0.2, 0.25) is 0 Å². The van der Waals surface area contributed by atoms with Crippen LogP contribution in [0.3, 0.4) is 0 Å². The van der Waals surface area contributed by atoms with Gasteiger partial charge in [0.1, 0.15) is 0 Å². The van der Waals surface area contributed by atoms with E-state index in [4.69, 9.17) is 0 Å². The van der Waals surface area contributed by atoms with Crippen LogP contribution in [0.1, 0.15) is 0 Å². The number of hydrogen-bond donors (Lipinski definition) is 0. The van der Waals surface area contributed by atoms with Crippen molar-refractivity contribution >= 4 is 54.6 Å². The third kappa shape index (κ3) is 32.6. The van der Waals surface area contributed by atoms with E-state index in [1.807, 2.05) is 0 Å². The minimum atomic E-state index is 0. The van der Waals surface area contributed by atoms with Crippen LogP contribution in [0.2, 0.25) is 0 Å². The summed E-state index contributed by atoms with van der Waals surface area (Å²) in [4.78, 5) is 0. The van der Waals surface area contributed by atoms with Crippen LogP contribution in [0.25, 0.3) is 0 Å². The molecule has 0 heterocycles. The Kier molecular flexibility index (Phi) is 278. The first-order valence-electron chi connectivity index (χ1n) is 0. The summed E-state index contributed by atoms with van der Waals surface area (Å²) in [5.41, 5.74) is 0. The van der Waals surface area contributed by atoms with Gasteiger partial charge in [-0.3, -0.25) is 0 Å². The van der Waals surface area contributed by atoms with Crippen molar-refractivity contribution < 1.29 is 138 Å². The van der Waals surface area contributed by atoms with Gasteiger partial charge in [0.15, 0.2) is 0 Å². The van der Waals surface area contributed by atoms with E-state index < -0.39 is 0 Å². The van der Waals surface area contributed by atoms with Crippen molar-refractivity contribution in [1.82, 2.24) is 0 Å². The topological polar surface area (TPSA) is 0 Å². The average molecular weight is 1410 g/mol. The van der Waals surface area contributed by atoms with Crippen LogP contribution in [0, 0.1) is 0 Å². The number of hydrogen-bond acceptors (Lipinski definition) is 0. The van der Waals surface area contributed by atoms with Crippen molar-refractivity contribution in [2.75, 3.05) is 0 Å². The molecule has 0 saturated heterocycles. The molecule has 0 spiro atoms. The summed E-state index contributed by atoms with van der Waals surface area (Å²) >= 11 is 0. The SMILES string of the molecule is [Hg].[Hg].[Hg].[Hg].[Hg].[Tl].[Tl]. The third-order valence-electron chi connectivity index (χ3n) is 0. The van der Waals surface area contributed by atoms with Gasteiger partial charge < -0.3 is 0 Å². The fraction of sp³-hybridized carbons (Fsp3) is 0. The van der Waals surface area contributed by atoms with E-state index in [-0.39, 0.29) is 193 Å². The molecular formula is Hg5Tl2. The maximum atomic E-state index is 0. The van der Waals surface area contributed by atoms with Gasteiger partial charge in [0.25, 0.3) is 0 Å². The molecule has 7 heavy (non-hydrogen) atoms. The summed E-state index contributed by atoms with van der Waals surface area (Å²) in [6, 6.07) is 0. The van der Waals surface area contributed by atoms with Crippen molar-refractivity contribution in [2.24, 2.45) is 0 Å². The van der Waals surface area contributed by atoms with Crippen molar-refractivity contribution in [1.29, 1.82) is 0 Å². The van der Waals surface area contributed by atoms with Gasteiger partial charge in [-0.2, -0.15) is 0 Å². The van der Waals surface area contributed by atoms with Crippen LogP contribution in [0.4, 0.5) is 0 Å². The Labute approximate surface area is 187 Å². The molecule has 0 aliphatic carbocycles. The molecule has 0 amide bonds. The molecule has 0 rings (SSSR count). The second-order valence-electron chi connectivity index (χ2n) is 0. The Hall–Kier alpha value is 6.52. The van der Waals surface area contributed by atoms with E-state index in [0.29, 0.717) is 0 Å². The monoisotopic (exact) mass is 1420 g/mol. The number of rotatable bonds is 0. The van der Waals surface area contributed by atoms with E-state index in [0.717, 1.165) is 0 Å². The predicted octanol–water partition coefficient (Wildman–Crippen LogP) is -0.774. The first-order valence-corrected chi connectivity index (χ1v) is 0. The molecule has 0 atom stereocenters. The van der Waals surface area contributed by atoms with Gasteiger partial charge in [-0.1, -0.05) is 0 Å². The molecule has 0 unspecified atom stereocenters. The smallest absolute Gasteiger partial charge is 0 e. The van der Waals surface area contributed by atoms with Crippen LogP contribution in [-0.2, 0) is 138 Å². The normalized spacial score (nSPS) is 0. The van der Waals surface area contributed by atoms with E-state index in [1.165, 1.54) is 0 Å². The Morgan fingerprint density at radius 1 is 0.286 bits per heavy atom. The van der Waals surface area contributed by atoms with Gasteiger partial charge in [-0.05, 0) is 0 Å². The zero-order chi connectivity index (χ0) is 0. The quantitative estimate of drug-likeness (QED) is 0.280. The molecule has 0 N–H and O–H groups in total. The van der Waals surface area contributed by atoms with Crippen molar-refractivity contribution in [2.45, 2.75) is 0 Å². The van der Waals surface area contributed by atoms with Gasteiger partial charge in [0, 0.05) is 193 Å². The minimum absolute atomic E-state index is 0. The molecule has 0 aromatic heterocycles. The fourth-order valence-corrected chi connectivity index (χ4v) is 0. The van der Waals surface area contributed by atoms with Crippen molar-refractivity contribution in [3.8, 4) is 0 Å². The molecule has 0 fully saturated rings. The molecule has 0 saturated carbocycles. The third-order valence-corrected chi connectivity index (χ3v) is 0.